The molecule has 1 aliphatic heterocycles. The summed E-state index contributed by atoms with van der Waals surface area (Å²) in [4.78, 5) is 25.5. The van der Waals surface area contributed by atoms with Gasteiger partial charge < -0.3 is 0 Å². The van der Waals surface area contributed by atoms with Crippen molar-refractivity contribution >= 4 is 23.4 Å². The lowest BCUT2D eigenvalue weighted by Crippen LogP contribution is -2.36. The van der Waals surface area contributed by atoms with Gasteiger partial charge in [-0.2, -0.15) is 0 Å². The van der Waals surface area contributed by atoms with E-state index >= 15 is 0 Å². The van der Waals surface area contributed by atoms with Gasteiger partial charge in [0.1, 0.15) is 0 Å². The zero-order valence-electron chi connectivity index (χ0n) is 14.4. The Hall–Kier alpha value is -3.73. The first-order chi connectivity index (χ1) is 13.1. The highest BCUT2D eigenvalue weighted by Crippen LogP contribution is 2.37. The highest BCUT2D eigenvalue weighted by molar-refractivity contribution is 6.08. The molecule has 0 bridgehead atoms. The zero-order chi connectivity index (χ0) is 18.8. The van der Waals surface area contributed by atoms with Gasteiger partial charge in [0.2, 0.25) is 0 Å². The number of para-hydroxylation sites is 1. The van der Waals surface area contributed by atoms with Crippen molar-refractivity contribution < 1.29 is 9.72 Å². The molecule has 1 aliphatic rings. The Bertz CT molecular complexity index is 1030. The maximum Gasteiger partial charge on any atom is 0.269 e. The minimum atomic E-state index is -0.472. The van der Waals surface area contributed by atoms with E-state index in [1.807, 2.05) is 66.7 Å². The molecule has 3 aromatic rings. The fourth-order valence-corrected chi connectivity index (χ4v) is 3.29. The molecule has 0 aliphatic carbocycles. The number of carbonyl (C=O) groups excluding carboxylic acids is 1. The second-order valence-electron chi connectivity index (χ2n) is 6.25. The molecule has 1 amide bonds. The molecule has 0 radical (unpaired) electrons. The van der Waals surface area contributed by atoms with Gasteiger partial charge in [-0.25, -0.2) is 0 Å². The third-order valence-electron chi connectivity index (χ3n) is 4.62. The molecule has 0 saturated heterocycles. The summed E-state index contributed by atoms with van der Waals surface area (Å²) < 4.78 is 0. The first kappa shape index (κ1) is 16.7. The normalized spacial score (nSPS) is 15.3. The van der Waals surface area contributed by atoms with Crippen molar-refractivity contribution in [3.8, 4) is 0 Å². The standard InChI is InChI=1S/C22H16N2O3/c25-22(18-10-13-19(14-11-18)24(26)27)23-20-9-5-4-8-17(20)12-15-21(23)16-6-2-1-3-7-16/h1-15,21H. The predicted octanol–water partition coefficient (Wildman–Crippen LogP) is 5.01. The van der Waals surface area contributed by atoms with Gasteiger partial charge in [-0.05, 0) is 29.3 Å². The number of amides is 1. The molecule has 0 fully saturated rings. The molecule has 27 heavy (non-hydrogen) atoms. The minimum absolute atomic E-state index is 0.0369. The lowest BCUT2D eigenvalue weighted by molar-refractivity contribution is -0.384. The summed E-state index contributed by atoms with van der Waals surface area (Å²) in [6, 6.07) is 23.0. The molecule has 5 nitrogen and oxygen atoms in total. The fraction of sp³-hybridized carbons (Fsp3) is 0.0455. The molecule has 0 spiro atoms. The van der Waals surface area contributed by atoms with Crippen LogP contribution >= 0.6 is 0 Å². The van der Waals surface area contributed by atoms with Crippen LogP contribution in [0.5, 0.6) is 0 Å². The summed E-state index contributed by atoms with van der Waals surface area (Å²) in [7, 11) is 0. The van der Waals surface area contributed by atoms with Crippen molar-refractivity contribution in [3.05, 3.63) is 112 Å². The number of nitrogens with zero attached hydrogens (tertiary/aromatic N) is 2. The van der Waals surface area contributed by atoms with Gasteiger partial charge in [0.25, 0.3) is 11.6 Å². The van der Waals surface area contributed by atoms with Crippen LogP contribution in [0.25, 0.3) is 6.08 Å². The van der Waals surface area contributed by atoms with Gasteiger partial charge >= 0.3 is 0 Å². The number of fused-ring (bicyclic) bond motifs is 1. The highest BCUT2D eigenvalue weighted by atomic mass is 16.6. The Morgan fingerprint density at radius 1 is 0.889 bits per heavy atom. The van der Waals surface area contributed by atoms with Gasteiger partial charge in [0.05, 0.1) is 16.7 Å². The first-order valence-corrected chi connectivity index (χ1v) is 8.55. The van der Waals surface area contributed by atoms with Crippen LogP contribution in [0.3, 0.4) is 0 Å². The summed E-state index contributed by atoms with van der Waals surface area (Å²) in [5.41, 5.74) is 3.15. The van der Waals surface area contributed by atoms with Gasteiger partial charge in [-0.3, -0.25) is 19.8 Å². The number of non-ortho nitro benzene ring substituents is 1. The second-order valence-corrected chi connectivity index (χ2v) is 6.25. The SMILES string of the molecule is O=C(c1ccc([N+](=O)[O-])cc1)N1c2ccccc2C=CC1c1ccccc1. The van der Waals surface area contributed by atoms with Crippen LogP contribution < -0.4 is 4.90 Å². The summed E-state index contributed by atoms with van der Waals surface area (Å²) >= 11 is 0. The maximum atomic E-state index is 13.3. The molecule has 5 heteroatoms. The number of rotatable bonds is 3. The van der Waals surface area contributed by atoms with Crippen molar-refractivity contribution in [2.45, 2.75) is 6.04 Å². The van der Waals surface area contributed by atoms with Crippen LogP contribution in [0.15, 0.2) is 84.9 Å². The fourth-order valence-electron chi connectivity index (χ4n) is 3.29. The highest BCUT2D eigenvalue weighted by Gasteiger charge is 2.30. The average Bonchev–Trinajstić information content (AvgIpc) is 2.73. The zero-order valence-corrected chi connectivity index (χ0v) is 14.4. The minimum Gasteiger partial charge on any atom is -0.297 e. The molecule has 1 heterocycles. The van der Waals surface area contributed by atoms with E-state index < -0.39 is 4.92 Å². The van der Waals surface area contributed by atoms with Gasteiger partial charge in [-0.1, -0.05) is 60.7 Å². The Morgan fingerprint density at radius 2 is 1.56 bits per heavy atom. The predicted molar refractivity (Wildman–Crippen MR) is 105 cm³/mol. The molecular weight excluding hydrogens is 340 g/mol. The van der Waals surface area contributed by atoms with E-state index in [9.17, 15) is 14.9 Å². The first-order valence-electron chi connectivity index (χ1n) is 8.55. The molecule has 4 rings (SSSR count). The molecule has 1 atom stereocenters. The van der Waals surface area contributed by atoms with E-state index in [1.165, 1.54) is 24.3 Å². The topological polar surface area (TPSA) is 63.4 Å². The average molecular weight is 356 g/mol. The van der Waals surface area contributed by atoms with E-state index in [2.05, 4.69) is 0 Å². The molecule has 3 aromatic carbocycles. The summed E-state index contributed by atoms with van der Waals surface area (Å²) in [5.74, 6) is -0.199. The third-order valence-corrected chi connectivity index (χ3v) is 4.62. The van der Waals surface area contributed by atoms with Crippen molar-refractivity contribution in [2.24, 2.45) is 0 Å². The molecule has 0 N–H and O–H groups in total. The van der Waals surface area contributed by atoms with Gasteiger partial charge in [0, 0.05) is 17.7 Å². The maximum absolute atomic E-state index is 13.3. The molecule has 0 aromatic heterocycles. The number of carbonyl (C=O) groups is 1. The van der Waals surface area contributed by atoms with Crippen molar-refractivity contribution in [1.29, 1.82) is 0 Å². The molecular formula is C22H16N2O3. The van der Waals surface area contributed by atoms with Gasteiger partial charge in [-0.15, -0.1) is 0 Å². The Kier molecular flexibility index (Phi) is 4.26. The second kappa shape index (κ2) is 6.88. The Balaban J connectivity index is 1.79. The lowest BCUT2D eigenvalue weighted by Gasteiger charge is -2.34. The lowest BCUT2D eigenvalue weighted by atomic mass is 9.96. The molecule has 0 saturated carbocycles. The largest absolute Gasteiger partial charge is 0.297 e. The van der Waals surface area contributed by atoms with Crippen LogP contribution in [0.2, 0.25) is 0 Å². The van der Waals surface area contributed by atoms with Crippen LogP contribution in [-0.2, 0) is 0 Å². The van der Waals surface area contributed by atoms with Crippen LogP contribution in [0.4, 0.5) is 11.4 Å². The summed E-state index contributed by atoms with van der Waals surface area (Å²) in [5, 5.41) is 10.9. The van der Waals surface area contributed by atoms with Gasteiger partial charge in [0.15, 0.2) is 0 Å². The van der Waals surface area contributed by atoms with Crippen LogP contribution in [-0.4, -0.2) is 10.8 Å². The monoisotopic (exact) mass is 356 g/mol. The van der Waals surface area contributed by atoms with E-state index in [0.717, 1.165) is 16.8 Å². The summed E-state index contributed by atoms with van der Waals surface area (Å²) in [6.45, 7) is 0. The van der Waals surface area contributed by atoms with E-state index in [0.29, 0.717) is 5.56 Å². The van der Waals surface area contributed by atoms with Crippen molar-refractivity contribution in [3.63, 3.8) is 0 Å². The number of benzene rings is 3. The Labute approximate surface area is 156 Å². The number of nitro benzene ring substituents is 1. The number of hydrogen-bond donors (Lipinski definition) is 0. The quantitative estimate of drug-likeness (QED) is 0.489. The molecule has 1 unspecified atom stereocenters. The van der Waals surface area contributed by atoms with Crippen molar-refractivity contribution in [1.82, 2.24) is 0 Å². The molecule has 132 valence electrons. The van der Waals surface area contributed by atoms with E-state index in [-0.39, 0.29) is 17.6 Å². The smallest absolute Gasteiger partial charge is 0.269 e. The van der Waals surface area contributed by atoms with Crippen LogP contribution in [0.1, 0.15) is 27.5 Å². The summed E-state index contributed by atoms with van der Waals surface area (Å²) in [6.07, 6.45) is 4.02. The van der Waals surface area contributed by atoms with Crippen molar-refractivity contribution in [2.75, 3.05) is 4.90 Å². The van der Waals surface area contributed by atoms with Crippen LogP contribution in [0, 0.1) is 10.1 Å². The number of nitro groups is 1. The Morgan fingerprint density at radius 3 is 2.26 bits per heavy atom. The van der Waals surface area contributed by atoms with E-state index in [1.54, 1.807) is 4.90 Å². The van der Waals surface area contributed by atoms with E-state index in [4.69, 9.17) is 0 Å². The number of anilines is 1. The third kappa shape index (κ3) is 3.11. The number of hydrogen-bond acceptors (Lipinski definition) is 3.